The zero-order valence-electron chi connectivity index (χ0n) is 15.6. The number of nitro benzene ring substituents is 2. The van der Waals surface area contributed by atoms with Crippen LogP contribution in [0.15, 0.2) is 53.4 Å². The Morgan fingerprint density at radius 3 is 1.70 bits per heavy atom. The molecule has 10 nitrogen and oxygen atoms in total. The van der Waals surface area contributed by atoms with E-state index in [2.05, 4.69) is 4.90 Å². The fourth-order valence-corrected chi connectivity index (χ4v) is 3.44. The van der Waals surface area contributed by atoms with Crippen LogP contribution < -0.4 is 0 Å². The van der Waals surface area contributed by atoms with Gasteiger partial charge in [0.2, 0.25) is 0 Å². The number of likely N-dealkylation sites (tertiary alicyclic amines) is 1. The van der Waals surface area contributed by atoms with Crippen LogP contribution in [0.3, 0.4) is 0 Å². The van der Waals surface area contributed by atoms with Crippen LogP contribution in [0.5, 0.6) is 0 Å². The van der Waals surface area contributed by atoms with Crippen molar-refractivity contribution in [2.45, 2.75) is 24.3 Å². The molecule has 1 heterocycles. The molecule has 0 radical (unpaired) electrons. The molecule has 0 aromatic heterocycles. The minimum Gasteiger partial charge on any atom is -0.300 e. The lowest BCUT2D eigenvalue weighted by atomic mass is 10.1. The molecule has 0 atom stereocenters. The molecule has 1 aliphatic rings. The summed E-state index contributed by atoms with van der Waals surface area (Å²) in [4.78, 5) is 32.8. The van der Waals surface area contributed by atoms with Gasteiger partial charge in [-0.2, -0.15) is 0 Å². The number of carbonyl (C=O) groups is 1. The van der Waals surface area contributed by atoms with E-state index >= 15 is 0 Å². The molecule has 2 aromatic rings. The highest BCUT2D eigenvalue weighted by molar-refractivity contribution is 8.13. The lowest BCUT2D eigenvalue weighted by Gasteiger charge is -2.25. The average molecular weight is 456 g/mol. The van der Waals surface area contributed by atoms with Gasteiger partial charge in [-0.25, -0.2) is 8.42 Å². The highest BCUT2D eigenvalue weighted by Gasteiger charge is 2.16. The molecule has 30 heavy (non-hydrogen) atoms. The van der Waals surface area contributed by atoms with Crippen molar-refractivity contribution in [2.24, 2.45) is 0 Å². The van der Waals surface area contributed by atoms with E-state index in [1.54, 1.807) is 12.1 Å². The maximum absolute atomic E-state index is 11.1. The van der Waals surface area contributed by atoms with Gasteiger partial charge in [0.15, 0.2) is 0 Å². The number of non-ortho nitro benzene ring substituents is 2. The topological polar surface area (TPSA) is 141 Å². The predicted molar refractivity (Wildman–Crippen MR) is 109 cm³/mol. The van der Waals surface area contributed by atoms with E-state index in [4.69, 9.17) is 10.7 Å². The van der Waals surface area contributed by atoms with Gasteiger partial charge < -0.3 is 0 Å². The van der Waals surface area contributed by atoms with Crippen LogP contribution in [-0.2, 0) is 20.4 Å². The smallest absolute Gasteiger partial charge is 0.269 e. The number of carbonyl (C=O) groups excluding carboxylic acids is 1. The third kappa shape index (κ3) is 7.17. The molecule has 2 aromatic carbocycles. The minimum atomic E-state index is -3.80. The summed E-state index contributed by atoms with van der Waals surface area (Å²) in [5.41, 5.74) is 0.983. The molecular weight excluding hydrogens is 438 g/mol. The number of hydrogen-bond donors (Lipinski definition) is 0. The van der Waals surface area contributed by atoms with Gasteiger partial charge in [0.1, 0.15) is 5.78 Å². The van der Waals surface area contributed by atoms with Crippen LogP contribution in [0, 0.1) is 20.2 Å². The van der Waals surface area contributed by atoms with E-state index in [1.165, 1.54) is 12.1 Å². The summed E-state index contributed by atoms with van der Waals surface area (Å²) in [6, 6.07) is 10.9. The van der Waals surface area contributed by atoms with Crippen molar-refractivity contribution in [1.82, 2.24) is 4.90 Å². The summed E-state index contributed by atoms with van der Waals surface area (Å²) in [5.74, 6) is 0.324. The number of ketones is 1. The van der Waals surface area contributed by atoms with Crippen LogP contribution in [0.25, 0.3) is 0 Å². The summed E-state index contributed by atoms with van der Waals surface area (Å²) in [7, 11) is 1.20. The molecule has 1 fully saturated rings. The zero-order chi connectivity index (χ0) is 22.3. The molecular formula is C18H18ClN3O7S. The maximum Gasteiger partial charge on any atom is 0.269 e. The van der Waals surface area contributed by atoms with Crippen molar-refractivity contribution in [3.63, 3.8) is 0 Å². The molecule has 3 rings (SSSR count). The van der Waals surface area contributed by atoms with Gasteiger partial charge in [-0.05, 0) is 17.7 Å². The quantitative estimate of drug-likeness (QED) is 0.380. The van der Waals surface area contributed by atoms with Crippen molar-refractivity contribution in [1.29, 1.82) is 0 Å². The van der Waals surface area contributed by atoms with E-state index in [9.17, 15) is 33.4 Å². The lowest BCUT2D eigenvalue weighted by Crippen LogP contribution is -2.33. The first kappa shape index (κ1) is 23.4. The maximum atomic E-state index is 11.1. The molecule has 0 bridgehead atoms. The molecule has 1 aliphatic heterocycles. The molecule has 0 amide bonds. The lowest BCUT2D eigenvalue weighted by molar-refractivity contribution is -0.385. The second-order valence-corrected chi connectivity index (χ2v) is 8.99. The van der Waals surface area contributed by atoms with Crippen molar-refractivity contribution in [3.8, 4) is 0 Å². The normalized spacial score (nSPS) is 14.5. The summed E-state index contributed by atoms with van der Waals surface area (Å²) in [6.45, 7) is 2.33. The number of nitro groups is 2. The fourth-order valence-electron chi connectivity index (χ4n) is 2.67. The van der Waals surface area contributed by atoms with E-state index in [-0.39, 0.29) is 16.3 Å². The zero-order valence-corrected chi connectivity index (χ0v) is 17.2. The van der Waals surface area contributed by atoms with Crippen LogP contribution >= 0.6 is 10.7 Å². The van der Waals surface area contributed by atoms with Crippen LogP contribution in [0.4, 0.5) is 11.4 Å². The second kappa shape index (κ2) is 10.2. The van der Waals surface area contributed by atoms with Crippen molar-refractivity contribution in [3.05, 3.63) is 74.3 Å². The summed E-state index contributed by atoms with van der Waals surface area (Å²) in [5, 5.41) is 20.7. The van der Waals surface area contributed by atoms with Gasteiger partial charge in [0.25, 0.3) is 20.4 Å². The third-order valence-electron chi connectivity index (χ3n) is 4.30. The Bertz CT molecular complexity index is 1010. The Kier molecular flexibility index (Phi) is 7.98. The van der Waals surface area contributed by atoms with Gasteiger partial charge in [-0.1, -0.05) is 12.1 Å². The number of piperidine rings is 1. The number of nitrogens with zero attached hydrogens (tertiary/aromatic N) is 3. The molecule has 12 heteroatoms. The molecule has 0 N–H and O–H groups in total. The van der Waals surface area contributed by atoms with E-state index in [0.717, 1.165) is 49.5 Å². The standard InChI is InChI=1S/C12H14N2O3.C6H4ClNO4S/c15-12-5-7-13(8-6-12)9-10-1-3-11(4-2-10)14(16)17;7-13(11,12)6-3-1-5(2-4-6)8(9)10/h1-4H,5-9H2;1-4H. The number of rotatable bonds is 5. The molecule has 1 saturated heterocycles. The Balaban J connectivity index is 0.000000222. The summed E-state index contributed by atoms with van der Waals surface area (Å²) in [6.07, 6.45) is 1.24. The Morgan fingerprint density at radius 1 is 0.867 bits per heavy atom. The monoisotopic (exact) mass is 455 g/mol. The van der Waals surface area contributed by atoms with E-state index in [1.807, 2.05) is 0 Å². The number of halogens is 1. The van der Waals surface area contributed by atoms with E-state index in [0.29, 0.717) is 18.6 Å². The Labute approximate surface area is 176 Å². The van der Waals surface area contributed by atoms with Crippen molar-refractivity contribution >= 4 is 36.9 Å². The number of benzene rings is 2. The van der Waals surface area contributed by atoms with Gasteiger partial charge in [-0.15, -0.1) is 0 Å². The number of hydrogen-bond acceptors (Lipinski definition) is 8. The average Bonchev–Trinajstić information content (AvgIpc) is 2.70. The second-order valence-electron chi connectivity index (χ2n) is 6.43. The SMILES string of the molecule is O=C1CCN(Cc2ccc([N+](=O)[O-])cc2)CC1.O=[N+]([O-])c1ccc(S(=O)(=O)Cl)cc1. The number of Topliss-reactive ketones (excluding diaryl/α,β-unsaturated/α-hetero) is 1. The molecule has 0 aliphatic carbocycles. The fraction of sp³-hybridized carbons (Fsp3) is 0.278. The van der Waals surface area contributed by atoms with Crippen molar-refractivity contribution in [2.75, 3.05) is 13.1 Å². The van der Waals surface area contributed by atoms with E-state index < -0.39 is 18.9 Å². The third-order valence-corrected chi connectivity index (χ3v) is 5.67. The van der Waals surface area contributed by atoms with Gasteiger partial charge >= 0.3 is 0 Å². The largest absolute Gasteiger partial charge is 0.300 e. The van der Waals surface area contributed by atoms with Gasteiger partial charge in [-0.3, -0.25) is 29.9 Å². The Hall–Kier alpha value is -2.89. The van der Waals surface area contributed by atoms with Crippen molar-refractivity contribution < 1.29 is 23.1 Å². The highest BCUT2D eigenvalue weighted by atomic mass is 35.7. The first-order chi connectivity index (χ1) is 14.1. The molecule has 160 valence electrons. The predicted octanol–water partition coefficient (Wildman–Crippen LogP) is 3.28. The minimum absolute atomic E-state index is 0.113. The first-order valence-corrected chi connectivity index (χ1v) is 11.0. The molecule has 0 saturated carbocycles. The van der Waals surface area contributed by atoms with Crippen LogP contribution in [0.1, 0.15) is 18.4 Å². The van der Waals surface area contributed by atoms with Crippen LogP contribution in [-0.4, -0.2) is 42.0 Å². The van der Waals surface area contributed by atoms with Gasteiger partial charge in [0, 0.05) is 67.4 Å². The Morgan fingerprint density at radius 2 is 1.30 bits per heavy atom. The van der Waals surface area contributed by atoms with Crippen LogP contribution in [0.2, 0.25) is 0 Å². The molecule has 0 spiro atoms. The molecule has 0 unspecified atom stereocenters. The summed E-state index contributed by atoms with van der Waals surface area (Å²) < 4.78 is 21.4. The highest BCUT2D eigenvalue weighted by Crippen LogP contribution is 2.18. The first-order valence-electron chi connectivity index (χ1n) is 8.73. The summed E-state index contributed by atoms with van der Waals surface area (Å²) >= 11 is 0. The van der Waals surface area contributed by atoms with Gasteiger partial charge in [0.05, 0.1) is 14.7 Å².